The maximum Gasteiger partial charge on any atom is 0.266 e. The van der Waals surface area contributed by atoms with Crippen LogP contribution in [0.4, 0.5) is 5.69 Å². The van der Waals surface area contributed by atoms with E-state index in [1.807, 2.05) is 6.07 Å². The topological polar surface area (TPSA) is 71.3 Å². The second kappa shape index (κ2) is 9.30. The second-order valence-corrected chi connectivity index (χ2v) is 5.52. The van der Waals surface area contributed by atoms with E-state index in [2.05, 4.69) is 11.9 Å². The first-order valence-electron chi connectivity index (χ1n) is 7.68. The minimum absolute atomic E-state index is 0.0633. The van der Waals surface area contributed by atoms with Crippen LogP contribution in [-0.4, -0.2) is 19.6 Å². The second-order valence-electron chi connectivity index (χ2n) is 5.11. The molecule has 0 radical (unpaired) electrons. The van der Waals surface area contributed by atoms with Gasteiger partial charge in [0.05, 0.1) is 12.1 Å². The molecule has 5 nitrogen and oxygen atoms in total. The average molecular weight is 369 g/mol. The number of halogens is 1. The van der Waals surface area contributed by atoms with Crippen molar-refractivity contribution in [3.8, 4) is 17.6 Å². The van der Waals surface area contributed by atoms with Crippen LogP contribution in [0.3, 0.4) is 0 Å². The predicted octanol–water partition coefficient (Wildman–Crippen LogP) is 4.46. The van der Waals surface area contributed by atoms with E-state index in [4.69, 9.17) is 21.1 Å². The molecule has 0 aromatic heterocycles. The van der Waals surface area contributed by atoms with Crippen molar-refractivity contribution < 1.29 is 14.3 Å². The highest BCUT2D eigenvalue weighted by Gasteiger charge is 2.12. The molecule has 2 rings (SSSR count). The van der Waals surface area contributed by atoms with E-state index in [0.29, 0.717) is 34.4 Å². The van der Waals surface area contributed by atoms with Crippen molar-refractivity contribution in [2.45, 2.75) is 0 Å². The summed E-state index contributed by atoms with van der Waals surface area (Å²) in [7, 11) is 1.50. The van der Waals surface area contributed by atoms with Gasteiger partial charge in [0.1, 0.15) is 29.7 Å². The van der Waals surface area contributed by atoms with E-state index in [1.165, 1.54) is 13.2 Å². The number of benzene rings is 2. The van der Waals surface area contributed by atoms with Crippen LogP contribution in [0.15, 0.2) is 60.7 Å². The zero-order chi connectivity index (χ0) is 18.9. The zero-order valence-electron chi connectivity index (χ0n) is 14.2. The summed E-state index contributed by atoms with van der Waals surface area (Å²) in [6, 6.07) is 13.8. The monoisotopic (exact) mass is 368 g/mol. The SMILES string of the molecule is C=CCOc1ccccc1/C=C(\C#N)C(=O)Nc1ccc(OC)c(Cl)c1. The van der Waals surface area contributed by atoms with Crippen molar-refractivity contribution in [3.63, 3.8) is 0 Å². The summed E-state index contributed by atoms with van der Waals surface area (Å²) in [5.41, 5.74) is 1.01. The van der Waals surface area contributed by atoms with Crippen LogP contribution in [0.25, 0.3) is 6.08 Å². The molecule has 0 fully saturated rings. The first-order valence-corrected chi connectivity index (χ1v) is 8.06. The average Bonchev–Trinajstić information content (AvgIpc) is 2.65. The van der Waals surface area contributed by atoms with Crippen molar-refractivity contribution in [1.82, 2.24) is 0 Å². The molecule has 0 heterocycles. The lowest BCUT2D eigenvalue weighted by Gasteiger charge is -2.09. The van der Waals surface area contributed by atoms with Gasteiger partial charge in [0.15, 0.2) is 0 Å². The Hall–Kier alpha value is -3.23. The van der Waals surface area contributed by atoms with Gasteiger partial charge in [-0.3, -0.25) is 4.79 Å². The van der Waals surface area contributed by atoms with Crippen LogP contribution in [0.2, 0.25) is 5.02 Å². The molecule has 0 aliphatic carbocycles. The lowest BCUT2D eigenvalue weighted by Crippen LogP contribution is -2.13. The van der Waals surface area contributed by atoms with Crippen LogP contribution in [0, 0.1) is 11.3 Å². The molecule has 0 aliphatic heterocycles. The van der Waals surface area contributed by atoms with Crippen LogP contribution in [0.1, 0.15) is 5.56 Å². The van der Waals surface area contributed by atoms with Crippen LogP contribution < -0.4 is 14.8 Å². The van der Waals surface area contributed by atoms with Crippen molar-refractivity contribution in [3.05, 3.63) is 71.3 Å². The minimum Gasteiger partial charge on any atom is -0.495 e. The number of nitrogens with zero attached hydrogens (tertiary/aromatic N) is 1. The summed E-state index contributed by atoms with van der Waals surface area (Å²) < 4.78 is 10.6. The van der Waals surface area contributed by atoms with E-state index in [0.717, 1.165) is 0 Å². The third-order valence-corrected chi connectivity index (χ3v) is 3.65. The first-order chi connectivity index (χ1) is 12.6. The Morgan fingerprint density at radius 3 is 2.73 bits per heavy atom. The zero-order valence-corrected chi connectivity index (χ0v) is 14.9. The molecule has 0 saturated carbocycles. The molecule has 0 unspecified atom stereocenters. The molecule has 0 spiro atoms. The number of hydrogen-bond donors (Lipinski definition) is 1. The Kier molecular flexibility index (Phi) is 6.84. The maximum absolute atomic E-state index is 12.4. The van der Waals surface area contributed by atoms with Crippen LogP contribution >= 0.6 is 11.6 Å². The molecular weight excluding hydrogens is 352 g/mol. The van der Waals surface area contributed by atoms with Crippen molar-refractivity contribution in [2.24, 2.45) is 0 Å². The molecule has 1 amide bonds. The normalized spacial score (nSPS) is 10.6. The summed E-state index contributed by atoms with van der Waals surface area (Å²) in [5.74, 6) is 0.502. The Bertz CT molecular complexity index is 885. The van der Waals surface area contributed by atoms with Crippen molar-refractivity contribution >= 4 is 29.3 Å². The number of methoxy groups -OCH3 is 1. The van der Waals surface area contributed by atoms with E-state index in [1.54, 1.807) is 48.5 Å². The number of hydrogen-bond acceptors (Lipinski definition) is 4. The minimum atomic E-state index is -0.549. The maximum atomic E-state index is 12.4. The predicted molar refractivity (Wildman–Crippen MR) is 102 cm³/mol. The molecule has 6 heteroatoms. The van der Waals surface area contributed by atoms with Gasteiger partial charge in [-0.2, -0.15) is 5.26 Å². The highest BCUT2D eigenvalue weighted by molar-refractivity contribution is 6.32. The highest BCUT2D eigenvalue weighted by atomic mass is 35.5. The van der Waals surface area contributed by atoms with Gasteiger partial charge in [0.2, 0.25) is 0 Å². The molecule has 2 aromatic carbocycles. The smallest absolute Gasteiger partial charge is 0.266 e. The molecular formula is C20H17ClN2O3. The van der Waals surface area contributed by atoms with Crippen LogP contribution in [-0.2, 0) is 4.79 Å². The summed E-state index contributed by atoms with van der Waals surface area (Å²) in [6.07, 6.45) is 3.09. The number of ether oxygens (including phenoxy) is 2. The van der Waals surface area contributed by atoms with E-state index in [9.17, 15) is 10.1 Å². The van der Waals surface area contributed by atoms with Gasteiger partial charge in [-0.1, -0.05) is 42.5 Å². The Balaban J connectivity index is 2.24. The number of rotatable bonds is 7. The Labute approximate surface area is 157 Å². The Morgan fingerprint density at radius 1 is 1.31 bits per heavy atom. The third kappa shape index (κ3) is 4.88. The van der Waals surface area contributed by atoms with Gasteiger partial charge in [-0.15, -0.1) is 0 Å². The van der Waals surface area contributed by atoms with Gasteiger partial charge < -0.3 is 14.8 Å². The summed E-state index contributed by atoms with van der Waals surface area (Å²) in [4.78, 5) is 12.4. The quantitative estimate of drug-likeness (QED) is 0.445. The van der Waals surface area contributed by atoms with E-state index in [-0.39, 0.29) is 5.57 Å². The Morgan fingerprint density at radius 2 is 2.08 bits per heavy atom. The molecule has 0 saturated heterocycles. The molecule has 132 valence electrons. The van der Waals surface area contributed by atoms with Gasteiger partial charge in [0, 0.05) is 11.3 Å². The number of nitriles is 1. The lowest BCUT2D eigenvalue weighted by atomic mass is 10.1. The molecule has 0 aliphatic rings. The fraction of sp³-hybridized carbons (Fsp3) is 0.100. The number of anilines is 1. The van der Waals surface area contributed by atoms with Gasteiger partial charge in [-0.05, 0) is 30.3 Å². The van der Waals surface area contributed by atoms with E-state index >= 15 is 0 Å². The summed E-state index contributed by atoms with van der Waals surface area (Å²) in [5, 5.41) is 12.4. The number of para-hydroxylation sites is 1. The van der Waals surface area contributed by atoms with E-state index < -0.39 is 5.91 Å². The summed E-state index contributed by atoms with van der Waals surface area (Å²) in [6.45, 7) is 3.92. The number of nitrogens with one attached hydrogen (secondary N) is 1. The number of carbonyl (C=O) groups excluding carboxylic acids is 1. The van der Waals surface area contributed by atoms with Gasteiger partial charge >= 0.3 is 0 Å². The number of amides is 1. The van der Waals surface area contributed by atoms with Gasteiger partial charge in [0.25, 0.3) is 5.91 Å². The number of carbonyl (C=O) groups is 1. The first kappa shape index (κ1) is 19.1. The fourth-order valence-corrected chi connectivity index (χ4v) is 2.38. The molecule has 0 bridgehead atoms. The summed E-state index contributed by atoms with van der Waals surface area (Å²) >= 11 is 6.04. The molecule has 2 aromatic rings. The standard InChI is InChI=1S/C20H17ClN2O3/c1-3-10-26-18-7-5-4-6-14(18)11-15(13-22)20(24)23-16-8-9-19(25-2)17(21)12-16/h3-9,11-12H,1,10H2,2H3,(H,23,24)/b15-11+. The molecule has 0 atom stereocenters. The lowest BCUT2D eigenvalue weighted by molar-refractivity contribution is -0.112. The van der Waals surface area contributed by atoms with Crippen molar-refractivity contribution in [1.29, 1.82) is 5.26 Å². The highest BCUT2D eigenvalue weighted by Crippen LogP contribution is 2.27. The molecule has 26 heavy (non-hydrogen) atoms. The van der Waals surface area contributed by atoms with Gasteiger partial charge in [-0.25, -0.2) is 0 Å². The molecule has 1 N–H and O–H groups in total. The van der Waals surface area contributed by atoms with Crippen molar-refractivity contribution in [2.75, 3.05) is 19.0 Å². The fourth-order valence-electron chi connectivity index (χ4n) is 2.13. The largest absolute Gasteiger partial charge is 0.495 e. The van der Waals surface area contributed by atoms with Crippen LogP contribution in [0.5, 0.6) is 11.5 Å². The third-order valence-electron chi connectivity index (χ3n) is 3.35.